The summed E-state index contributed by atoms with van der Waals surface area (Å²) in [5.74, 6) is 0. The Labute approximate surface area is 102 Å². The summed E-state index contributed by atoms with van der Waals surface area (Å²) in [6.07, 6.45) is 0.959. The van der Waals surface area contributed by atoms with Crippen molar-refractivity contribution in [2.75, 3.05) is 19.8 Å². The SMILES string of the molecule is C=C(C)CCOCCNC(C)c1cccs1. The van der Waals surface area contributed by atoms with Gasteiger partial charge in [0.25, 0.3) is 0 Å². The minimum atomic E-state index is 0.421. The van der Waals surface area contributed by atoms with Crippen molar-refractivity contribution in [2.45, 2.75) is 26.3 Å². The maximum absolute atomic E-state index is 5.49. The van der Waals surface area contributed by atoms with E-state index in [0.29, 0.717) is 6.04 Å². The third-order valence-electron chi connectivity index (χ3n) is 2.34. The van der Waals surface area contributed by atoms with Gasteiger partial charge in [0.1, 0.15) is 0 Å². The molecule has 1 rings (SSSR count). The molecule has 0 amide bonds. The molecule has 90 valence electrons. The molecule has 1 aromatic rings. The van der Waals surface area contributed by atoms with E-state index in [1.165, 1.54) is 10.5 Å². The lowest BCUT2D eigenvalue weighted by molar-refractivity contribution is 0.137. The lowest BCUT2D eigenvalue weighted by Gasteiger charge is -2.12. The van der Waals surface area contributed by atoms with E-state index in [0.717, 1.165) is 26.2 Å². The van der Waals surface area contributed by atoms with Crippen LogP contribution in [0.2, 0.25) is 0 Å². The summed E-state index contributed by atoms with van der Waals surface area (Å²) in [6.45, 7) is 10.5. The first-order valence-electron chi connectivity index (χ1n) is 5.69. The Bertz CT molecular complexity index is 295. The molecule has 3 heteroatoms. The van der Waals surface area contributed by atoms with Gasteiger partial charge in [-0.05, 0) is 31.7 Å². The molecule has 1 unspecified atom stereocenters. The number of hydrogen-bond acceptors (Lipinski definition) is 3. The molecule has 0 aliphatic carbocycles. The maximum Gasteiger partial charge on any atom is 0.0591 e. The van der Waals surface area contributed by atoms with E-state index >= 15 is 0 Å². The Morgan fingerprint density at radius 2 is 2.38 bits per heavy atom. The van der Waals surface area contributed by atoms with Crippen LogP contribution < -0.4 is 5.32 Å². The molecule has 0 radical (unpaired) electrons. The van der Waals surface area contributed by atoms with Gasteiger partial charge in [-0.3, -0.25) is 0 Å². The van der Waals surface area contributed by atoms with Crippen LogP contribution in [0.3, 0.4) is 0 Å². The minimum absolute atomic E-state index is 0.421. The molecule has 0 aromatic carbocycles. The smallest absolute Gasteiger partial charge is 0.0591 e. The lowest BCUT2D eigenvalue weighted by Crippen LogP contribution is -2.22. The summed E-state index contributed by atoms with van der Waals surface area (Å²) in [5.41, 5.74) is 1.18. The molecule has 0 fully saturated rings. The molecule has 0 aliphatic heterocycles. The van der Waals surface area contributed by atoms with Crippen LogP contribution >= 0.6 is 11.3 Å². The normalized spacial score (nSPS) is 12.6. The van der Waals surface area contributed by atoms with Gasteiger partial charge in [-0.1, -0.05) is 11.6 Å². The molecule has 0 aliphatic rings. The second kappa shape index (κ2) is 7.60. The Balaban J connectivity index is 2.01. The predicted octanol–water partition coefficient (Wildman–Crippen LogP) is 3.38. The standard InChI is InChI=1S/C13H21NOS/c1-11(2)6-8-15-9-7-14-12(3)13-5-4-10-16-13/h4-5,10,12,14H,1,6-9H2,2-3H3. The van der Waals surface area contributed by atoms with Crippen molar-refractivity contribution in [3.63, 3.8) is 0 Å². The number of hydrogen-bond donors (Lipinski definition) is 1. The average molecular weight is 239 g/mol. The number of rotatable bonds is 8. The summed E-state index contributed by atoms with van der Waals surface area (Å²) >= 11 is 1.79. The second-order valence-electron chi connectivity index (χ2n) is 4.01. The van der Waals surface area contributed by atoms with E-state index in [4.69, 9.17) is 4.74 Å². The zero-order valence-electron chi connectivity index (χ0n) is 10.2. The summed E-state index contributed by atoms with van der Waals surface area (Å²) in [6, 6.07) is 4.66. The van der Waals surface area contributed by atoms with Crippen LogP contribution in [0.15, 0.2) is 29.7 Å². The van der Waals surface area contributed by atoms with Crippen molar-refractivity contribution in [2.24, 2.45) is 0 Å². The highest BCUT2D eigenvalue weighted by atomic mass is 32.1. The van der Waals surface area contributed by atoms with E-state index in [1.54, 1.807) is 11.3 Å². The van der Waals surface area contributed by atoms with Crippen LogP contribution in [0.4, 0.5) is 0 Å². The molecule has 1 heterocycles. The molecular weight excluding hydrogens is 218 g/mol. The average Bonchev–Trinajstić information content (AvgIpc) is 2.75. The fraction of sp³-hybridized carbons (Fsp3) is 0.538. The van der Waals surface area contributed by atoms with Crippen molar-refractivity contribution in [3.05, 3.63) is 34.5 Å². The van der Waals surface area contributed by atoms with E-state index in [1.807, 2.05) is 6.92 Å². The maximum atomic E-state index is 5.49. The van der Waals surface area contributed by atoms with Gasteiger partial charge >= 0.3 is 0 Å². The predicted molar refractivity (Wildman–Crippen MR) is 71.0 cm³/mol. The monoisotopic (exact) mass is 239 g/mol. The lowest BCUT2D eigenvalue weighted by atomic mass is 10.3. The Kier molecular flexibility index (Phi) is 6.38. The van der Waals surface area contributed by atoms with Gasteiger partial charge < -0.3 is 10.1 Å². The molecular formula is C13H21NOS. The fourth-order valence-corrected chi connectivity index (χ4v) is 2.09. The third-order valence-corrected chi connectivity index (χ3v) is 3.40. The summed E-state index contributed by atoms with van der Waals surface area (Å²) < 4.78 is 5.49. The highest BCUT2D eigenvalue weighted by molar-refractivity contribution is 7.10. The van der Waals surface area contributed by atoms with Gasteiger partial charge in [0.05, 0.1) is 13.2 Å². The quantitative estimate of drug-likeness (QED) is 0.554. The highest BCUT2D eigenvalue weighted by Gasteiger charge is 2.04. The van der Waals surface area contributed by atoms with E-state index in [2.05, 4.69) is 36.3 Å². The molecule has 1 N–H and O–H groups in total. The van der Waals surface area contributed by atoms with E-state index < -0.39 is 0 Å². The molecule has 16 heavy (non-hydrogen) atoms. The topological polar surface area (TPSA) is 21.3 Å². The van der Waals surface area contributed by atoms with Crippen molar-refractivity contribution < 1.29 is 4.74 Å². The summed E-state index contributed by atoms with van der Waals surface area (Å²) in [5, 5.41) is 5.54. The summed E-state index contributed by atoms with van der Waals surface area (Å²) in [7, 11) is 0. The first-order chi connectivity index (χ1) is 7.70. The van der Waals surface area contributed by atoms with Crippen LogP contribution in [0.25, 0.3) is 0 Å². The molecule has 0 spiro atoms. The zero-order chi connectivity index (χ0) is 11.8. The minimum Gasteiger partial charge on any atom is -0.380 e. The molecule has 1 atom stereocenters. The first-order valence-corrected chi connectivity index (χ1v) is 6.57. The van der Waals surface area contributed by atoms with Gasteiger partial charge in [-0.15, -0.1) is 17.9 Å². The van der Waals surface area contributed by atoms with Gasteiger partial charge in [-0.2, -0.15) is 0 Å². The Morgan fingerprint density at radius 1 is 1.56 bits per heavy atom. The number of thiophene rings is 1. The molecule has 2 nitrogen and oxygen atoms in total. The number of ether oxygens (including phenoxy) is 1. The summed E-state index contributed by atoms with van der Waals surface area (Å²) in [4.78, 5) is 1.38. The largest absolute Gasteiger partial charge is 0.380 e. The van der Waals surface area contributed by atoms with Gasteiger partial charge in [0, 0.05) is 17.5 Å². The van der Waals surface area contributed by atoms with E-state index in [-0.39, 0.29) is 0 Å². The molecule has 0 bridgehead atoms. The Hall–Kier alpha value is -0.640. The fourth-order valence-electron chi connectivity index (χ4n) is 1.33. The van der Waals surface area contributed by atoms with Crippen LogP contribution in [-0.2, 0) is 4.74 Å². The Morgan fingerprint density at radius 3 is 3.00 bits per heavy atom. The number of nitrogens with one attached hydrogen (secondary N) is 1. The van der Waals surface area contributed by atoms with Gasteiger partial charge in [0.2, 0.25) is 0 Å². The first kappa shape index (κ1) is 13.4. The molecule has 1 aromatic heterocycles. The van der Waals surface area contributed by atoms with Crippen LogP contribution in [0, 0.1) is 0 Å². The van der Waals surface area contributed by atoms with Gasteiger partial charge in [0.15, 0.2) is 0 Å². The van der Waals surface area contributed by atoms with Crippen molar-refractivity contribution in [1.29, 1.82) is 0 Å². The third kappa shape index (κ3) is 5.45. The van der Waals surface area contributed by atoms with Crippen molar-refractivity contribution in [1.82, 2.24) is 5.32 Å². The van der Waals surface area contributed by atoms with E-state index in [9.17, 15) is 0 Å². The zero-order valence-corrected chi connectivity index (χ0v) is 11.0. The molecule has 0 saturated heterocycles. The van der Waals surface area contributed by atoms with Gasteiger partial charge in [-0.25, -0.2) is 0 Å². The molecule has 0 saturated carbocycles. The van der Waals surface area contributed by atoms with Crippen LogP contribution in [-0.4, -0.2) is 19.8 Å². The van der Waals surface area contributed by atoms with Crippen LogP contribution in [0.1, 0.15) is 31.2 Å². The van der Waals surface area contributed by atoms with Crippen molar-refractivity contribution >= 4 is 11.3 Å². The van der Waals surface area contributed by atoms with Crippen LogP contribution in [0.5, 0.6) is 0 Å². The highest BCUT2D eigenvalue weighted by Crippen LogP contribution is 2.17. The van der Waals surface area contributed by atoms with Crippen molar-refractivity contribution in [3.8, 4) is 0 Å². The second-order valence-corrected chi connectivity index (χ2v) is 4.99.